The van der Waals surface area contributed by atoms with E-state index in [9.17, 15) is 4.79 Å². The summed E-state index contributed by atoms with van der Waals surface area (Å²) in [5.74, 6) is 0.509. The van der Waals surface area contributed by atoms with Gasteiger partial charge in [0.15, 0.2) is 5.82 Å². The molecule has 5 nitrogen and oxygen atoms in total. The molecule has 0 saturated heterocycles. The second kappa shape index (κ2) is 7.88. The summed E-state index contributed by atoms with van der Waals surface area (Å²) in [5, 5.41) is 5.12. The van der Waals surface area contributed by atoms with Crippen LogP contribution in [0.5, 0.6) is 0 Å². The first-order chi connectivity index (χ1) is 15.2. The van der Waals surface area contributed by atoms with E-state index in [1.165, 1.54) is 4.68 Å². The molecule has 31 heavy (non-hydrogen) atoms. The minimum absolute atomic E-state index is 0.199. The van der Waals surface area contributed by atoms with Crippen LogP contribution in [0.1, 0.15) is 11.3 Å². The van der Waals surface area contributed by atoms with Gasteiger partial charge in [-0.2, -0.15) is 9.78 Å². The van der Waals surface area contributed by atoms with Crippen molar-refractivity contribution >= 4 is 17.1 Å². The number of rotatable bonds is 4. The SMILES string of the molecule is Cc1ccccc1-n1cccc1C=Nn1c(-c2ccccc2)nc2ccccc2c1=O. The van der Waals surface area contributed by atoms with Crippen molar-refractivity contribution in [1.82, 2.24) is 14.2 Å². The number of aromatic nitrogens is 3. The summed E-state index contributed by atoms with van der Waals surface area (Å²) >= 11 is 0. The van der Waals surface area contributed by atoms with Crippen LogP contribution < -0.4 is 5.56 Å². The number of aryl methyl sites for hydroxylation is 1. The summed E-state index contributed by atoms with van der Waals surface area (Å²) in [4.78, 5) is 18.0. The van der Waals surface area contributed by atoms with Crippen LogP contribution in [0.25, 0.3) is 28.0 Å². The number of benzene rings is 3. The Balaban J connectivity index is 1.68. The Kier molecular flexibility index (Phi) is 4.77. The van der Waals surface area contributed by atoms with Crippen molar-refractivity contribution in [2.45, 2.75) is 6.92 Å². The normalized spacial score (nSPS) is 11.4. The Morgan fingerprint density at radius 1 is 0.839 bits per heavy atom. The summed E-state index contributed by atoms with van der Waals surface area (Å²) in [6, 6.07) is 29.1. The number of nitrogens with zero attached hydrogens (tertiary/aromatic N) is 4. The van der Waals surface area contributed by atoms with Crippen molar-refractivity contribution in [2.24, 2.45) is 5.10 Å². The van der Waals surface area contributed by atoms with E-state index in [1.54, 1.807) is 12.3 Å². The zero-order chi connectivity index (χ0) is 21.2. The lowest BCUT2D eigenvalue weighted by atomic mass is 10.2. The van der Waals surface area contributed by atoms with E-state index in [-0.39, 0.29) is 5.56 Å². The Morgan fingerprint density at radius 3 is 2.42 bits per heavy atom. The standard InChI is InChI=1S/C26H20N4O/c1-19-10-5-8-16-24(19)29-17-9-13-21(29)18-27-30-25(20-11-3-2-4-12-20)28-23-15-7-6-14-22(23)26(30)31/h2-18H,1H3. The van der Waals surface area contributed by atoms with Crippen LogP contribution in [0.4, 0.5) is 0 Å². The van der Waals surface area contributed by atoms with Gasteiger partial charge in [0.1, 0.15) is 0 Å². The molecule has 0 aliphatic heterocycles. The highest BCUT2D eigenvalue weighted by molar-refractivity contribution is 5.81. The molecular formula is C26H20N4O. The largest absolute Gasteiger partial charge is 0.315 e. The van der Waals surface area contributed by atoms with Gasteiger partial charge >= 0.3 is 0 Å². The molecule has 0 saturated carbocycles. The third-order valence-corrected chi connectivity index (χ3v) is 5.25. The predicted octanol–water partition coefficient (Wildman–Crippen LogP) is 5.04. The number of para-hydroxylation sites is 2. The lowest BCUT2D eigenvalue weighted by Crippen LogP contribution is -2.20. The van der Waals surface area contributed by atoms with Crippen molar-refractivity contribution in [3.8, 4) is 17.1 Å². The van der Waals surface area contributed by atoms with Crippen LogP contribution >= 0.6 is 0 Å². The number of hydrogen-bond donors (Lipinski definition) is 0. The Bertz CT molecular complexity index is 1460. The summed E-state index contributed by atoms with van der Waals surface area (Å²) in [6.45, 7) is 2.07. The molecule has 0 aliphatic carbocycles. The second-order valence-electron chi connectivity index (χ2n) is 7.27. The smallest absolute Gasteiger partial charge is 0.282 e. The van der Waals surface area contributed by atoms with Crippen LogP contribution in [-0.4, -0.2) is 20.4 Å². The zero-order valence-corrected chi connectivity index (χ0v) is 17.0. The molecular weight excluding hydrogens is 384 g/mol. The maximum atomic E-state index is 13.3. The molecule has 5 heteroatoms. The van der Waals surface area contributed by atoms with E-state index in [4.69, 9.17) is 4.98 Å². The van der Waals surface area contributed by atoms with E-state index in [1.807, 2.05) is 79.0 Å². The van der Waals surface area contributed by atoms with Gasteiger partial charge in [0, 0.05) is 17.4 Å². The fourth-order valence-electron chi connectivity index (χ4n) is 3.67. The van der Waals surface area contributed by atoms with Gasteiger partial charge < -0.3 is 4.57 Å². The van der Waals surface area contributed by atoms with Gasteiger partial charge in [-0.15, -0.1) is 0 Å². The fraction of sp³-hybridized carbons (Fsp3) is 0.0385. The summed E-state index contributed by atoms with van der Waals surface area (Å²) < 4.78 is 3.44. The van der Waals surface area contributed by atoms with Gasteiger partial charge in [0.2, 0.25) is 0 Å². The summed E-state index contributed by atoms with van der Waals surface area (Å²) in [6.07, 6.45) is 3.69. The van der Waals surface area contributed by atoms with E-state index >= 15 is 0 Å². The molecule has 0 fully saturated rings. The maximum absolute atomic E-state index is 13.3. The monoisotopic (exact) mass is 404 g/mol. The molecule has 0 atom stereocenters. The van der Waals surface area contributed by atoms with Crippen molar-refractivity contribution in [2.75, 3.05) is 0 Å². The van der Waals surface area contributed by atoms with Gasteiger partial charge in [-0.1, -0.05) is 60.7 Å². The molecule has 0 amide bonds. The molecule has 0 unspecified atom stereocenters. The number of hydrogen-bond acceptors (Lipinski definition) is 3. The highest BCUT2D eigenvalue weighted by Crippen LogP contribution is 2.19. The Hall–Kier alpha value is -4.25. The first kappa shape index (κ1) is 18.8. The highest BCUT2D eigenvalue weighted by atomic mass is 16.1. The van der Waals surface area contributed by atoms with Gasteiger partial charge in [0.05, 0.1) is 22.8 Å². The van der Waals surface area contributed by atoms with Gasteiger partial charge in [-0.3, -0.25) is 4.79 Å². The Morgan fingerprint density at radius 2 is 1.58 bits per heavy atom. The van der Waals surface area contributed by atoms with Crippen LogP contribution in [0.3, 0.4) is 0 Å². The minimum atomic E-state index is -0.199. The molecule has 150 valence electrons. The molecule has 5 aromatic rings. The van der Waals surface area contributed by atoms with Crippen LogP contribution in [0, 0.1) is 6.92 Å². The molecule has 3 aromatic carbocycles. The van der Waals surface area contributed by atoms with Crippen molar-refractivity contribution in [3.05, 3.63) is 119 Å². The van der Waals surface area contributed by atoms with Crippen molar-refractivity contribution in [3.63, 3.8) is 0 Å². The van der Waals surface area contributed by atoms with Crippen LogP contribution in [0.2, 0.25) is 0 Å². The summed E-state index contributed by atoms with van der Waals surface area (Å²) in [7, 11) is 0. The average Bonchev–Trinajstić information content (AvgIpc) is 3.27. The van der Waals surface area contributed by atoms with E-state index < -0.39 is 0 Å². The third-order valence-electron chi connectivity index (χ3n) is 5.25. The minimum Gasteiger partial charge on any atom is -0.315 e. The lowest BCUT2D eigenvalue weighted by molar-refractivity contribution is 0.828. The highest BCUT2D eigenvalue weighted by Gasteiger charge is 2.12. The molecule has 2 aromatic heterocycles. The molecule has 0 N–H and O–H groups in total. The molecule has 5 rings (SSSR count). The van der Waals surface area contributed by atoms with Gasteiger partial charge in [-0.05, 0) is 42.8 Å². The molecule has 0 spiro atoms. The van der Waals surface area contributed by atoms with E-state index in [0.29, 0.717) is 16.7 Å². The third kappa shape index (κ3) is 3.46. The fourth-order valence-corrected chi connectivity index (χ4v) is 3.67. The first-order valence-electron chi connectivity index (χ1n) is 10.1. The quantitative estimate of drug-likeness (QED) is 0.394. The Labute approximate surface area is 179 Å². The molecule has 0 bridgehead atoms. The van der Waals surface area contributed by atoms with Crippen molar-refractivity contribution < 1.29 is 0 Å². The molecule has 0 aliphatic rings. The maximum Gasteiger partial charge on any atom is 0.282 e. The first-order valence-corrected chi connectivity index (χ1v) is 10.1. The number of fused-ring (bicyclic) bond motifs is 1. The zero-order valence-electron chi connectivity index (χ0n) is 17.0. The second-order valence-corrected chi connectivity index (χ2v) is 7.27. The molecule has 0 radical (unpaired) electrons. The van der Waals surface area contributed by atoms with Crippen molar-refractivity contribution in [1.29, 1.82) is 0 Å². The van der Waals surface area contributed by atoms with E-state index in [2.05, 4.69) is 28.7 Å². The van der Waals surface area contributed by atoms with E-state index in [0.717, 1.165) is 22.5 Å². The predicted molar refractivity (Wildman–Crippen MR) is 125 cm³/mol. The van der Waals surface area contributed by atoms with Crippen LogP contribution in [-0.2, 0) is 0 Å². The topological polar surface area (TPSA) is 52.2 Å². The van der Waals surface area contributed by atoms with Gasteiger partial charge in [0.25, 0.3) is 5.56 Å². The molecule has 2 heterocycles. The van der Waals surface area contributed by atoms with Crippen LogP contribution in [0.15, 0.2) is 107 Å². The lowest BCUT2D eigenvalue weighted by Gasteiger charge is -2.11. The van der Waals surface area contributed by atoms with Gasteiger partial charge in [-0.25, -0.2) is 4.98 Å². The summed E-state index contributed by atoms with van der Waals surface area (Å²) in [5.41, 5.74) is 4.38. The average molecular weight is 404 g/mol.